The maximum absolute atomic E-state index is 11.2. The summed E-state index contributed by atoms with van der Waals surface area (Å²) in [7, 11) is 4.34. The molecule has 0 aliphatic heterocycles. The van der Waals surface area contributed by atoms with E-state index in [0.29, 0.717) is 17.1 Å². The first-order valence-corrected chi connectivity index (χ1v) is 5.01. The van der Waals surface area contributed by atoms with Crippen molar-refractivity contribution in [1.82, 2.24) is 0 Å². The van der Waals surface area contributed by atoms with Crippen LogP contribution in [0.25, 0.3) is 0 Å². The summed E-state index contributed by atoms with van der Waals surface area (Å²) >= 11 is 5.91. The Morgan fingerprint density at radius 3 is 2.31 bits per heavy atom. The minimum atomic E-state index is -0.843. The third-order valence-electron chi connectivity index (χ3n) is 2.11. The van der Waals surface area contributed by atoms with Crippen molar-refractivity contribution in [2.75, 3.05) is 21.3 Å². The Kier molecular flexibility index (Phi) is 4.43. The van der Waals surface area contributed by atoms with Crippen LogP contribution in [0.1, 0.15) is 10.9 Å². The predicted molar refractivity (Wildman–Crippen MR) is 60.2 cm³/mol. The van der Waals surface area contributed by atoms with Crippen molar-refractivity contribution in [3.05, 3.63) is 23.8 Å². The minimum Gasteiger partial charge on any atom is -0.493 e. The first-order chi connectivity index (χ1) is 7.63. The lowest BCUT2D eigenvalue weighted by molar-refractivity contribution is -0.140. The maximum Gasteiger partial charge on any atom is 0.328 e. The topological polar surface area (TPSA) is 44.8 Å². The number of benzene rings is 1. The minimum absolute atomic E-state index is 0.506. The molecule has 1 aromatic carbocycles. The normalized spacial score (nSPS) is 11.8. The van der Waals surface area contributed by atoms with Gasteiger partial charge in [0.15, 0.2) is 16.9 Å². The first-order valence-electron chi connectivity index (χ1n) is 4.57. The summed E-state index contributed by atoms with van der Waals surface area (Å²) in [6.45, 7) is 0. The monoisotopic (exact) mass is 244 g/mol. The highest BCUT2D eigenvalue weighted by molar-refractivity contribution is 6.29. The lowest BCUT2D eigenvalue weighted by atomic mass is 10.1. The van der Waals surface area contributed by atoms with E-state index in [9.17, 15) is 4.79 Å². The van der Waals surface area contributed by atoms with Crippen molar-refractivity contribution in [2.45, 2.75) is 5.38 Å². The molecular weight excluding hydrogens is 232 g/mol. The van der Waals surface area contributed by atoms with Crippen molar-refractivity contribution < 1.29 is 19.0 Å². The van der Waals surface area contributed by atoms with Crippen LogP contribution in [0.2, 0.25) is 0 Å². The molecule has 0 spiro atoms. The van der Waals surface area contributed by atoms with Crippen LogP contribution < -0.4 is 9.47 Å². The van der Waals surface area contributed by atoms with Gasteiger partial charge in [-0.1, -0.05) is 6.07 Å². The van der Waals surface area contributed by atoms with E-state index in [1.807, 2.05) is 0 Å². The highest BCUT2D eigenvalue weighted by Crippen LogP contribution is 2.32. The number of esters is 1. The molecule has 1 rings (SSSR count). The Morgan fingerprint density at radius 1 is 1.19 bits per heavy atom. The number of ether oxygens (including phenoxy) is 3. The zero-order chi connectivity index (χ0) is 12.1. The first kappa shape index (κ1) is 12.6. The number of hydrogen-bond donors (Lipinski definition) is 0. The Balaban J connectivity index is 3.03. The average Bonchev–Trinajstić information content (AvgIpc) is 2.35. The van der Waals surface area contributed by atoms with Crippen LogP contribution in [0.4, 0.5) is 0 Å². The molecule has 0 radical (unpaired) electrons. The summed E-state index contributed by atoms with van der Waals surface area (Å²) in [5.74, 6) is 0.600. The van der Waals surface area contributed by atoms with Gasteiger partial charge in [-0.15, -0.1) is 11.6 Å². The summed E-state index contributed by atoms with van der Waals surface area (Å²) in [6.07, 6.45) is 0. The molecule has 0 N–H and O–H groups in total. The number of carbonyl (C=O) groups is 1. The molecule has 0 amide bonds. The highest BCUT2D eigenvalue weighted by atomic mass is 35.5. The summed E-state index contributed by atoms with van der Waals surface area (Å²) < 4.78 is 14.7. The smallest absolute Gasteiger partial charge is 0.328 e. The van der Waals surface area contributed by atoms with Gasteiger partial charge in [-0.05, 0) is 17.7 Å². The Labute approximate surface area is 99.1 Å². The fourth-order valence-corrected chi connectivity index (χ4v) is 1.47. The van der Waals surface area contributed by atoms with Gasteiger partial charge < -0.3 is 14.2 Å². The number of halogens is 1. The molecule has 4 nitrogen and oxygen atoms in total. The van der Waals surface area contributed by atoms with Crippen LogP contribution in [-0.2, 0) is 9.53 Å². The van der Waals surface area contributed by atoms with E-state index in [4.69, 9.17) is 21.1 Å². The molecule has 0 fully saturated rings. The van der Waals surface area contributed by atoms with Crippen molar-refractivity contribution >= 4 is 17.6 Å². The van der Waals surface area contributed by atoms with Crippen LogP contribution in [0, 0.1) is 0 Å². The molecule has 0 saturated carbocycles. The summed E-state index contributed by atoms with van der Waals surface area (Å²) in [5, 5.41) is -0.843. The van der Waals surface area contributed by atoms with Crippen molar-refractivity contribution in [2.24, 2.45) is 0 Å². The third kappa shape index (κ3) is 2.58. The van der Waals surface area contributed by atoms with Crippen LogP contribution in [0.3, 0.4) is 0 Å². The van der Waals surface area contributed by atoms with Gasteiger partial charge in [0.1, 0.15) is 0 Å². The molecule has 0 unspecified atom stereocenters. The predicted octanol–water partition coefficient (Wildman–Crippen LogP) is 2.16. The standard InChI is InChI=1S/C11H13ClO4/c1-14-8-5-4-7(6-9(8)15-2)10(12)11(13)16-3/h4-6,10H,1-3H3/t10-/m0/s1. The molecule has 16 heavy (non-hydrogen) atoms. The highest BCUT2D eigenvalue weighted by Gasteiger charge is 2.19. The van der Waals surface area contributed by atoms with Gasteiger partial charge in [-0.3, -0.25) is 4.79 Å². The molecule has 0 aromatic heterocycles. The number of methoxy groups -OCH3 is 3. The molecule has 0 heterocycles. The SMILES string of the molecule is COC(=O)[C@@H](Cl)c1ccc(OC)c(OC)c1. The lowest BCUT2D eigenvalue weighted by Gasteiger charge is -2.11. The fraction of sp³-hybridized carbons (Fsp3) is 0.364. The lowest BCUT2D eigenvalue weighted by Crippen LogP contribution is -2.08. The molecular formula is C11H13ClO4. The van der Waals surface area contributed by atoms with Crippen LogP contribution >= 0.6 is 11.6 Å². The van der Waals surface area contributed by atoms with Crippen LogP contribution in [0.5, 0.6) is 11.5 Å². The maximum atomic E-state index is 11.2. The van der Waals surface area contributed by atoms with Crippen molar-refractivity contribution in [3.63, 3.8) is 0 Å². The van der Waals surface area contributed by atoms with Gasteiger partial charge in [-0.25, -0.2) is 0 Å². The van der Waals surface area contributed by atoms with Gasteiger partial charge in [0.2, 0.25) is 0 Å². The summed E-state index contributed by atoms with van der Waals surface area (Å²) in [4.78, 5) is 11.2. The van der Waals surface area contributed by atoms with Gasteiger partial charge >= 0.3 is 5.97 Å². The van der Waals surface area contributed by atoms with Crippen molar-refractivity contribution in [1.29, 1.82) is 0 Å². The Morgan fingerprint density at radius 2 is 1.81 bits per heavy atom. The van der Waals surface area contributed by atoms with Crippen LogP contribution in [0.15, 0.2) is 18.2 Å². The number of rotatable bonds is 4. The Bertz CT molecular complexity index is 378. The molecule has 88 valence electrons. The average molecular weight is 245 g/mol. The number of hydrogen-bond acceptors (Lipinski definition) is 4. The summed E-state index contributed by atoms with van der Waals surface area (Å²) in [5.41, 5.74) is 0.603. The van der Waals surface area contributed by atoms with E-state index in [1.165, 1.54) is 21.3 Å². The molecule has 5 heteroatoms. The van der Waals surface area contributed by atoms with Crippen molar-refractivity contribution in [3.8, 4) is 11.5 Å². The zero-order valence-corrected chi connectivity index (χ0v) is 10.1. The van der Waals surface area contributed by atoms with Gasteiger partial charge in [0, 0.05) is 0 Å². The van der Waals surface area contributed by atoms with Crippen LogP contribution in [-0.4, -0.2) is 27.3 Å². The number of alkyl halides is 1. The van der Waals surface area contributed by atoms with E-state index in [-0.39, 0.29) is 0 Å². The third-order valence-corrected chi connectivity index (χ3v) is 2.54. The van der Waals surface area contributed by atoms with Gasteiger partial charge in [0.25, 0.3) is 0 Å². The molecule has 0 bridgehead atoms. The van der Waals surface area contributed by atoms with E-state index < -0.39 is 11.3 Å². The van der Waals surface area contributed by atoms with E-state index in [0.717, 1.165) is 0 Å². The largest absolute Gasteiger partial charge is 0.493 e. The number of carbonyl (C=O) groups excluding carboxylic acids is 1. The van der Waals surface area contributed by atoms with E-state index in [1.54, 1.807) is 18.2 Å². The van der Waals surface area contributed by atoms with Gasteiger partial charge in [-0.2, -0.15) is 0 Å². The molecule has 1 atom stereocenters. The summed E-state index contributed by atoms with van der Waals surface area (Å²) in [6, 6.07) is 5.02. The second-order valence-electron chi connectivity index (χ2n) is 3.00. The molecule has 0 saturated heterocycles. The quantitative estimate of drug-likeness (QED) is 0.601. The zero-order valence-electron chi connectivity index (χ0n) is 9.32. The second-order valence-corrected chi connectivity index (χ2v) is 3.44. The van der Waals surface area contributed by atoms with E-state index >= 15 is 0 Å². The van der Waals surface area contributed by atoms with E-state index in [2.05, 4.69) is 4.74 Å². The molecule has 0 aliphatic rings. The molecule has 1 aromatic rings. The molecule has 0 aliphatic carbocycles. The van der Waals surface area contributed by atoms with Gasteiger partial charge in [0.05, 0.1) is 21.3 Å². The second kappa shape index (κ2) is 5.61. The fourth-order valence-electron chi connectivity index (χ4n) is 1.25. The Hall–Kier alpha value is -1.42.